The van der Waals surface area contributed by atoms with E-state index in [1.807, 2.05) is 6.07 Å². The first-order valence-corrected chi connectivity index (χ1v) is 6.78. The summed E-state index contributed by atoms with van der Waals surface area (Å²) in [4.78, 5) is 1.26. The van der Waals surface area contributed by atoms with E-state index in [4.69, 9.17) is 5.73 Å². The molecule has 1 aliphatic carbocycles. The van der Waals surface area contributed by atoms with Gasteiger partial charge in [-0.05, 0) is 34.7 Å². The fraction of sp³-hybridized carbons (Fsp3) is 0.692. The molecule has 0 aliphatic heterocycles. The van der Waals surface area contributed by atoms with Crippen LogP contribution in [0.25, 0.3) is 0 Å². The van der Waals surface area contributed by atoms with Gasteiger partial charge >= 0.3 is 0 Å². The van der Waals surface area contributed by atoms with Crippen LogP contribution in [-0.2, 0) is 6.54 Å². The Balaban J connectivity index is 1.81. The Morgan fingerprint density at radius 2 is 1.94 bits per heavy atom. The number of hydrogen-bond donors (Lipinski definition) is 2. The normalized spacial score (nSPS) is 22.2. The van der Waals surface area contributed by atoms with Crippen molar-refractivity contribution in [1.29, 1.82) is 0 Å². The SMILES string of the molecule is CC1(C)C(CNCc2sccc2N)C1(C)C. The number of thiophene rings is 1. The van der Waals surface area contributed by atoms with Gasteiger partial charge in [-0.15, -0.1) is 11.3 Å². The van der Waals surface area contributed by atoms with E-state index >= 15 is 0 Å². The molecule has 1 fully saturated rings. The van der Waals surface area contributed by atoms with E-state index in [0.29, 0.717) is 10.8 Å². The maximum absolute atomic E-state index is 5.85. The van der Waals surface area contributed by atoms with E-state index < -0.39 is 0 Å². The first kappa shape index (κ1) is 11.9. The summed E-state index contributed by atoms with van der Waals surface area (Å²) in [6.45, 7) is 11.4. The molecular formula is C13H22N2S. The van der Waals surface area contributed by atoms with Gasteiger partial charge in [0.05, 0.1) is 0 Å². The number of nitrogen functional groups attached to an aromatic ring is 1. The molecule has 1 aromatic rings. The summed E-state index contributed by atoms with van der Waals surface area (Å²) < 4.78 is 0. The van der Waals surface area contributed by atoms with Gasteiger partial charge in [0, 0.05) is 17.1 Å². The van der Waals surface area contributed by atoms with Crippen LogP contribution in [0.4, 0.5) is 5.69 Å². The Labute approximate surface area is 102 Å². The number of nitrogens with two attached hydrogens (primary N) is 1. The predicted octanol–water partition coefficient (Wildman–Crippen LogP) is 3.10. The minimum Gasteiger partial charge on any atom is -0.398 e. The summed E-state index contributed by atoms with van der Waals surface area (Å²) >= 11 is 1.73. The van der Waals surface area contributed by atoms with Crippen molar-refractivity contribution in [3.8, 4) is 0 Å². The molecule has 1 saturated carbocycles. The van der Waals surface area contributed by atoms with E-state index in [1.165, 1.54) is 4.88 Å². The van der Waals surface area contributed by atoms with Crippen molar-refractivity contribution in [2.75, 3.05) is 12.3 Å². The molecule has 1 aliphatic rings. The Bertz CT molecular complexity index is 365. The van der Waals surface area contributed by atoms with Crippen molar-refractivity contribution in [3.05, 3.63) is 16.3 Å². The van der Waals surface area contributed by atoms with Crippen molar-refractivity contribution < 1.29 is 0 Å². The van der Waals surface area contributed by atoms with E-state index in [1.54, 1.807) is 11.3 Å². The van der Waals surface area contributed by atoms with Gasteiger partial charge in [0.2, 0.25) is 0 Å². The smallest absolute Gasteiger partial charge is 0.0468 e. The third-order valence-corrected chi connectivity index (χ3v) is 5.67. The Kier molecular flexibility index (Phi) is 2.79. The minimum absolute atomic E-state index is 0.473. The number of hydrogen-bond acceptors (Lipinski definition) is 3. The summed E-state index contributed by atoms with van der Waals surface area (Å²) in [5.74, 6) is 0.779. The molecule has 0 radical (unpaired) electrons. The quantitative estimate of drug-likeness (QED) is 0.846. The van der Waals surface area contributed by atoms with Crippen LogP contribution in [0.1, 0.15) is 32.6 Å². The van der Waals surface area contributed by atoms with E-state index in [2.05, 4.69) is 38.4 Å². The zero-order valence-electron chi connectivity index (χ0n) is 10.6. The Hall–Kier alpha value is -0.540. The summed E-state index contributed by atoms with van der Waals surface area (Å²) in [5.41, 5.74) is 7.72. The Morgan fingerprint density at radius 3 is 2.38 bits per heavy atom. The van der Waals surface area contributed by atoms with Crippen LogP contribution in [0.2, 0.25) is 0 Å². The zero-order chi connectivity index (χ0) is 12.0. The molecule has 0 spiro atoms. The average molecular weight is 238 g/mol. The second-order valence-electron chi connectivity index (χ2n) is 5.93. The average Bonchev–Trinajstić information content (AvgIpc) is 2.52. The second kappa shape index (κ2) is 3.74. The zero-order valence-corrected chi connectivity index (χ0v) is 11.4. The van der Waals surface area contributed by atoms with Gasteiger partial charge in [0.25, 0.3) is 0 Å². The summed E-state index contributed by atoms with van der Waals surface area (Å²) in [6.07, 6.45) is 0. The van der Waals surface area contributed by atoms with Gasteiger partial charge < -0.3 is 11.1 Å². The fourth-order valence-electron chi connectivity index (χ4n) is 2.67. The lowest BCUT2D eigenvalue weighted by molar-refractivity contribution is 0.457. The van der Waals surface area contributed by atoms with Gasteiger partial charge in [0.1, 0.15) is 0 Å². The molecule has 0 bridgehead atoms. The molecular weight excluding hydrogens is 216 g/mol. The molecule has 90 valence electrons. The van der Waals surface area contributed by atoms with Crippen LogP contribution < -0.4 is 11.1 Å². The number of rotatable bonds is 4. The van der Waals surface area contributed by atoms with Crippen molar-refractivity contribution in [1.82, 2.24) is 5.32 Å². The van der Waals surface area contributed by atoms with Crippen LogP contribution in [0, 0.1) is 16.7 Å². The van der Waals surface area contributed by atoms with E-state index in [-0.39, 0.29) is 0 Å². The lowest BCUT2D eigenvalue weighted by atomic mass is 10.0. The fourth-order valence-corrected chi connectivity index (χ4v) is 3.44. The molecule has 3 heteroatoms. The molecule has 1 aromatic heterocycles. The molecule has 0 atom stereocenters. The first-order chi connectivity index (χ1) is 7.37. The van der Waals surface area contributed by atoms with E-state index in [9.17, 15) is 0 Å². The third-order valence-electron chi connectivity index (χ3n) is 4.73. The van der Waals surface area contributed by atoms with Gasteiger partial charge in [-0.2, -0.15) is 0 Å². The largest absolute Gasteiger partial charge is 0.398 e. The lowest BCUT2D eigenvalue weighted by Gasteiger charge is -2.05. The van der Waals surface area contributed by atoms with Crippen LogP contribution in [0.3, 0.4) is 0 Å². The highest BCUT2D eigenvalue weighted by Crippen LogP contribution is 2.67. The summed E-state index contributed by atoms with van der Waals surface area (Å²) in [7, 11) is 0. The first-order valence-electron chi connectivity index (χ1n) is 5.90. The molecule has 0 saturated heterocycles. The molecule has 2 nitrogen and oxygen atoms in total. The molecule has 16 heavy (non-hydrogen) atoms. The van der Waals surface area contributed by atoms with Crippen LogP contribution in [0.15, 0.2) is 11.4 Å². The topological polar surface area (TPSA) is 38.0 Å². The standard InChI is InChI=1S/C13H22N2S/c1-12(2)11(13(12,3)4)8-15-7-10-9(14)5-6-16-10/h5-6,11,15H,7-8,14H2,1-4H3. The van der Waals surface area contributed by atoms with Gasteiger partial charge in [-0.3, -0.25) is 0 Å². The summed E-state index contributed by atoms with van der Waals surface area (Å²) in [5, 5.41) is 5.59. The monoisotopic (exact) mass is 238 g/mol. The van der Waals surface area contributed by atoms with Crippen molar-refractivity contribution in [3.63, 3.8) is 0 Å². The maximum Gasteiger partial charge on any atom is 0.0468 e. The molecule has 2 rings (SSSR count). The summed E-state index contributed by atoms with van der Waals surface area (Å²) in [6, 6.07) is 1.98. The van der Waals surface area contributed by atoms with Crippen molar-refractivity contribution in [2.24, 2.45) is 16.7 Å². The molecule has 1 heterocycles. The van der Waals surface area contributed by atoms with Crippen LogP contribution >= 0.6 is 11.3 Å². The van der Waals surface area contributed by atoms with Crippen molar-refractivity contribution in [2.45, 2.75) is 34.2 Å². The van der Waals surface area contributed by atoms with Gasteiger partial charge in [0.15, 0.2) is 0 Å². The highest BCUT2D eigenvalue weighted by Gasteiger charge is 2.63. The van der Waals surface area contributed by atoms with Crippen LogP contribution in [0.5, 0.6) is 0 Å². The third kappa shape index (κ3) is 1.76. The lowest BCUT2D eigenvalue weighted by Crippen LogP contribution is -2.18. The minimum atomic E-state index is 0.473. The maximum atomic E-state index is 5.85. The molecule has 3 N–H and O–H groups in total. The second-order valence-corrected chi connectivity index (χ2v) is 6.93. The number of nitrogens with one attached hydrogen (secondary N) is 1. The Morgan fingerprint density at radius 1 is 1.31 bits per heavy atom. The van der Waals surface area contributed by atoms with Crippen LogP contribution in [-0.4, -0.2) is 6.54 Å². The molecule has 0 amide bonds. The molecule has 0 unspecified atom stereocenters. The predicted molar refractivity (Wildman–Crippen MR) is 71.5 cm³/mol. The van der Waals surface area contributed by atoms with Gasteiger partial charge in [-0.25, -0.2) is 0 Å². The highest BCUT2D eigenvalue weighted by atomic mass is 32.1. The number of anilines is 1. The molecule has 0 aromatic carbocycles. The highest BCUT2D eigenvalue weighted by molar-refractivity contribution is 7.10. The van der Waals surface area contributed by atoms with Crippen molar-refractivity contribution >= 4 is 17.0 Å². The van der Waals surface area contributed by atoms with Gasteiger partial charge in [-0.1, -0.05) is 27.7 Å². The van der Waals surface area contributed by atoms with E-state index in [0.717, 1.165) is 24.7 Å².